The summed E-state index contributed by atoms with van der Waals surface area (Å²) in [7, 11) is 0. The van der Waals surface area contributed by atoms with Crippen molar-refractivity contribution in [1.29, 1.82) is 0 Å². The highest BCUT2D eigenvalue weighted by Gasteiger charge is 2.33. The molecule has 0 radical (unpaired) electrons. The molecule has 1 aliphatic rings. The van der Waals surface area contributed by atoms with Crippen LogP contribution in [0.15, 0.2) is 59.8 Å². The van der Waals surface area contributed by atoms with Gasteiger partial charge in [-0.25, -0.2) is 4.68 Å². The van der Waals surface area contributed by atoms with Gasteiger partial charge in [0.2, 0.25) is 11.9 Å². The summed E-state index contributed by atoms with van der Waals surface area (Å²) >= 11 is 12.1. The lowest BCUT2D eigenvalue weighted by Gasteiger charge is -2.27. The summed E-state index contributed by atoms with van der Waals surface area (Å²) in [4.78, 5) is 16.7. The van der Waals surface area contributed by atoms with Crippen LogP contribution in [0.2, 0.25) is 10.0 Å². The van der Waals surface area contributed by atoms with E-state index in [1.807, 2.05) is 24.3 Å². The van der Waals surface area contributed by atoms with E-state index >= 15 is 0 Å². The van der Waals surface area contributed by atoms with Gasteiger partial charge in [0, 0.05) is 21.3 Å². The molecule has 1 atom stereocenters. The first kappa shape index (κ1) is 17.6. The molecule has 0 spiro atoms. The fraction of sp³-hybridized carbons (Fsp3) is 0.105. The van der Waals surface area contributed by atoms with E-state index in [1.165, 1.54) is 0 Å². The van der Waals surface area contributed by atoms with Crippen LogP contribution in [0.1, 0.15) is 18.5 Å². The maximum atomic E-state index is 12.2. The SMILES string of the molecule is CC1=C(C(N)=O)[C@H](c2ccc(Cl)cc2)n2nc(-c3cccc(Cl)c3)nc2N1. The van der Waals surface area contributed by atoms with Crippen molar-refractivity contribution < 1.29 is 4.79 Å². The first-order valence-corrected chi connectivity index (χ1v) is 8.95. The molecule has 136 valence electrons. The van der Waals surface area contributed by atoms with Crippen LogP contribution in [0.5, 0.6) is 0 Å². The van der Waals surface area contributed by atoms with Gasteiger partial charge in [-0.05, 0) is 36.8 Å². The van der Waals surface area contributed by atoms with Crippen LogP contribution < -0.4 is 11.1 Å². The molecular formula is C19H15Cl2N5O. The first-order chi connectivity index (χ1) is 12.9. The normalized spacial score (nSPS) is 16.0. The second-order valence-corrected chi connectivity index (χ2v) is 7.07. The van der Waals surface area contributed by atoms with Crippen molar-refractivity contribution in [3.05, 3.63) is 75.4 Å². The van der Waals surface area contributed by atoms with Crippen LogP contribution in [0.3, 0.4) is 0 Å². The highest BCUT2D eigenvalue weighted by Crippen LogP contribution is 2.36. The summed E-state index contributed by atoms with van der Waals surface area (Å²) < 4.78 is 1.66. The molecule has 3 N–H and O–H groups in total. The lowest BCUT2D eigenvalue weighted by atomic mass is 9.95. The molecule has 1 amide bonds. The van der Waals surface area contributed by atoms with Crippen molar-refractivity contribution in [1.82, 2.24) is 14.8 Å². The third kappa shape index (κ3) is 3.18. The Kier molecular flexibility index (Phi) is 4.37. The number of halogens is 2. The molecule has 1 aliphatic heterocycles. The Morgan fingerprint density at radius 3 is 2.56 bits per heavy atom. The Bertz CT molecular complexity index is 1070. The minimum Gasteiger partial charge on any atom is -0.366 e. The maximum absolute atomic E-state index is 12.2. The number of allylic oxidation sites excluding steroid dienone is 1. The minimum absolute atomic E-state index is 0.423. The van der Waals surface area contributed by atoms with E-state index in [1.54, 1.807) is 35.9 Å². The largest absolute Gasteiger partial charge is 0.366 e. The number of nitrogens with one attached hydrogen (secondary N) is 1. The predicted molar refractivity (Wildman–Crippen MR) is 106 cm³/mol. The van der Waals surface area contributed by atoms with Gasteiger partial charge in [0.05, 0.1) is 5.57 Å². The van der Waals surface area contributed by atoms with Gasteiger partial charge in [-0.1, -0.05) is 47.5 Å². The molecular weight excluding hydrogens is 385 g/mol. The van der Waals surface area contributed by atoms with Crippen LogP contribution >= 0.6 is 23.2 Å². The highest BCUT2D eigenvalue weighted by molar-refractivity contribution is 6.31. The van der Waals surface area contributed by atoms with Crippen molar-refractivity contribution >= 4 is 35.1 Å². The van der Waals surface area contributed by atoms with Crippen molar-refractivity contribution in [3.8, 4) is 11.4 Å². The second-order valence-electron chi connectivity index (χ2n) is 6.20. The van der Waals surface area contributed by atoms with Crippen molar-refractivity contribution in [2.45, 2.75) is 13.0 Å². The standard InChI is InChI=1S/C19H15Cl2N5O/c1-10-15(17(22)27)16(11-5-7-13(20)8-6-11)26-19(23-10)24-18(25-26)12-3-2-4-14(21)9-12/h2-9,16H,1H3,(H2,22,27)(H,23,24,25)/t16-/m0/s1. The predicted octanol–water partition coefficient (Wildman–Crippen LogP) is 4.03. The van der Waals surface area contributed by atoms with Crippen LogP contribution in [0, 0.1) is 0 Å². The third-order valence-corrected chi connectivity index (χ3v) is 4.87. The lowest BCUT2D eigenvalue weighted by molar-refractivity contribution is -0.115. The molecule has 0 unspecified atom stereocenters. The van der Waals surface area contributed by atoms with E-state index in [0.29, 0.717) is 33.1 Å². The fourth-order valence-corrected chi connectivity index (χ4v) is 3.49. The molecule has 0 saturated carbocycles. The van der Waals surface area contributed by atoms with E-state index in [0.717, 1.165) is 11.1 Å². The number of fused-ring (bicyclic) bond motifs is 1. The second kappa shape index (κ2) is 6.72. The topological polar surface area (TPSA) is 85.8 Å². The molecule has 2 heterocycles. The van der Waals surface area contributed by atoms with Crippen LogP contribution in [0.25, 0.3) is 11.4 Å². The number of benzene rings is 2. The van der Waals surface area contributed by atoms with Crippen molar-refractivity contribution in [3.63, 3.8) is 0 Å². The summed E-state index contributed by atoms with van der Waals surface area (Å²) in [6.07, 6.45) is 0. The Labute approximate surface area is 165 Å². The number of hydrogen-bond acceptors (Lipinski definition) is 4. The number of anilines is 1. The van der Waals surface area contributed by atoms with Crippen LogP contribution in [-0.2, 0) is 4.79 Å². The van der Waals surface area contributed by atoms with Gasteiger partial charge >= 0.3 is 0 Å². The molecule has 2 aromatic carbocycles. The highest BCUT2D eigenvalue weighted by atomic mass is 35.5. The van der Waals surface area contributed by atoms with E-state index in [9.17, 15) is 4.79 Å². The Morgan fingerprint density at radius 2 is 1.89 bits per heavy atom. The van der Waals surface area contributed by atoms with Gasteiger partial charge in [-0.3, -0.25) is 4.79 Å². The average Bonchev–Trinajstić information content (AvgIpc) is 3.04. The summed E-state index contributed by atoms with van der Waals surface area (Å²) in [5.41, 5.74) is 8.34. The molecule has 27 heavy (non-hydrogen) atoms. The number of nitrogens with zero attached hydrogens (tertiary/aromatic N) is 3. The number of aromatic nitrogens is 3. The van der Waals surface area contributed by atoms with Crippen molar-refractivity contribution in [2.24, 2.45) is 5.73 Å². The number of rotatable bonds is 3. The van der Waals surface area contributed by atoms with Crippen LogP contribution in [0.4, 0.5) is 5.95 Å². The molecule has 1 aromatic heterocycles. The van der Waals surface area contributed by atoms with E-state index in [-0.39, 0.29) is 0 Å². The summed E-state index contributed by atoms with van der Waals surface area (Å²) in [6, 6.07) is 14.0. The number of nitrogens with two attached hydrogens (primary N) is 1. The zero-order chi connectivity index (χ0) is 19.1. The Balaban J connectivity index is 1.88. The molecule has 3 aromatic rings. The third-order valence-electron chi connectivity index (χ3n) is 4.39. The van der Waals surface area contributed by atoms with Gasteiger partial charge in [0.25, 0.3) is 0 Å². The molecule has 6 nitrogen and oxygen atoms in total. The van der Waals surface area contributed by atoms with Crippen LogP contribution in [-0.4, -0.2) is 20.7 Å². The van der Waals surface area contributed by atoms with E-state index in [2.05, 4.69) is 15.4 Å². The van der Waals surface area contributed by atoms with Gasteiger partial charge in [0.15, 0.2) is 5.82 Å². The number of hydrogen-bond donors (Lipinski definition) is 2. The van der Waals surface area contributed by atoms with Gasteiger partial charge in [0.1, 0.15) is 6.04 Å². The number of carbonyl (C=O) groups is 1. The number of carbonyl (C=O) groups excluding carboxylic acids is 1. The molecule has 8 heteroatoms. The average molecular weight is 400 g/mol. The van der Waals surface area contributed by atoms with E-state index < -0.39 is 11.9 Å². The fourth-order valence-electron chi connectivity index (χ4n) is 3.17. The first-order valence-electron chi connectivity index (χ1n) is 8.19. The van der Waals surface area contributed by atoms with Gasteiger partial charge in [-0.15, -0.1) is 5.10 Å². The molecule has 0 bridgehead atoms. The molecule has 4 rings (SSSR count). The maximum Gasteiger partial charge on any atom is 0.248 e. The molecule has 0 aliphatic carbocycles. The number of amides is 1. The van der Waals surface area contributed by atoms with Gasteiger partial charge in [-0.2, -0.15) is 4.98 Å². The molecule has 0 saturated heterocycles. The summed E-state index contributed by atoms with van der Waals surface area (Å²) in [5, 5.41) is 8.93. The van der Waals surface area contributed by atoms with Crippen molar-refractivity contribution in [2.75, 3.05) is 5.32 Å². The molecule has 0 fully saturated rings. The minimum atomic E-state index is -0.523. The zero-order valence-electron chi connectivity index (χ0n) is 14.3. The van der Waals surface area contributed by atoms with E-state index in [4.69, 9.17) is 28.9 Å². The monoisotopic (exact) mass is 399 g/mol. The Hall–Kier alpha value is -2.83. The summed E-state index contributed by atoms with van der Waals surface area (Å²) in [5.74, 6) is 0.496. The smallest absolute Gasteiger partial charge is 0.248 e. The Morgan fingerprint density at radius 1 is 1.15 bits per heavy atom. The summed E-state index contributed by atoms with van der Waals surface area (Å²) in [6.45, 7) is 1.79. The quantitative estimate of drug-likeness (QED) is 0.695. The lowest BCUT2D eigenvalue weighted by Crippen LogP contribution is -2.31. The van der Waals surface area contributed by atoms with Gasteiger partial charge < -0.3 is 11.1 Å². The number of primary amides is 1. The zero-order valence-corrected chi connectivity index (χ0v) is 15.8.